The molecule has 0 spiro atoms. The molecular formula is C19H22ClN3O3S. The topological polar surface area (TPSA) is 69.7 Å². The fourth-order valence-corrected chi connectivity index (χ4v) is 4.11. The van der Waals surface area contributed by atoms with E-state index in [0.29, 0.717) is 29.4 Å². The highest BCUT2D eigenvalue weighted by atomic mass is 35.5. The maximum atomic E-state index is 12.8. The van der Waals surface area contributed by atoms with Crippen LogP contribution in [0.2, 0.25) is 5.02 Å². The fourth-order valence-electron chi connectivity index (χ4n) is 2.86. The lowest BCUT2D eigenvalue weighted by atomic mass is 10.1. The average molecular weight is 408 g/mol. The first-order chi connectivity index (χ1) is 12.8. The van der Waals surface area contributed by atoms with Crippen LogP contribution in [0.15, 0.2) is 47.4 Å². The van der Waals surface area contributed by atoms with Gasteiger partial charge in [-0.1, -0.05) is 29.3 Å². The number of piperazine rings is 1. The van der Waals surface area contributed by atoms with E-state index in [1.54, 1.807) is 35.2 Å². The van der Waals surface area contributed by atoms with E-state index in [1.807, 2.05) is 14.0 Å². The molecule has 8 heteroatoms. The van der Waals surface area contributed by atoms with Crippen LogP contribution in [0.4, 0.5) is 5.69 Å². The van der Waals surface area contributed by atoms with Gasteiger partial charge in [-0.05, 0) is 44.3 Å². The van der Waals surface area contributed by atoms with Gasteiger partial charge in [-0.2, -0.15) is 0 Å². The second-order valence-electron chi connectivity index (χ2n) is 6.71. The van der Waals surface area contributed by atoms with Crippen molar-refractivity contribution >= 4 is 33.2 Å². The molecule has 1 fully saturated rings. The molecular weight excluding hydrogens is 386 g/mol. The molecule has 27 heavy (non-hydrogen) atoms. The maximum absolute atomic E-state index is 12.8. The monoisotopic (exact) mass is 407 g/mol. The van der Waals surface area contributed by atoms with E-state index in [4.69, 9.17) is 11.6 Å². The molecule has 1 heterocycles. The Morgan fingerprint density at radius 1 is 1.04 bits per heavy atom. The van der Waals surface area contributed by atoms with Crippen LogP contribution in [0.5, 0.6) is 0 Å². The molecule has 0 radical (unpaired) electrons. The standard InChI is InChI=1S/C19H22ClN3O3S/c1-14-3-6-16(7-4-14)27(25,26)21-15-5-8-18(20)17(13-15)19(24)23-11-9-22(2)10-12-23/h3-8,13,21H,9-12H2,1-2H3. The van der Waals surface area contributed by atoms with Gasteiger partial charge in [-0.3, -0.25) is 9.52 Å². The Morgan fingerprint density at radius 3 is 2.30 bits per heavy atom. The summed E-state index contributed by atoms with van der Waals surface area (Å²) in [6, 6.07) is 11.1. The molecule has 1 N–H and O–H groups in total. The van der Waals surface area contributed by atoms with Crippen LogP contribution in [0, 0.1) is 6.92 Å². The third-order valence-corrected chi connectivity index (χ3v) is 6.30. The van der Waals surface area contributed by atoms with Gasteiger partial charge in [0.2, 0.25) is 0 Å². The number of nitrogens with one attached hydrogen (secondary N) is 1. The number of carbonyl (C=O) groups excluding carboxylic acids is 1. The van der Waals surface area contributed by atoms with Gasteiger partial charge in [0.05, 0.1) is 15.5 Å². The number of likely N-dealkylation sites (N-methyl/N-ethyl adjacent to an activating group) is 1. The third-order valence-electron chi connectivity index (χ3n) is 4.57. The number of aryl methyl sites for hydroxylation is 1. The number of carbonyl (C=O) groups is 1. The van der Waals surface area contributed by atoms with Gasteiger partial charge >= 0.3 is 0 Å². The van der Waals surface area contributed by atoms with E-state index in [9.17, 15) is 13.2 Å². The summed E-state index contributed by atoms with van der Waals surface area (Å²) in [4.78, 5) is 16.8. The third kappa shape index (κ3) is 4.61. The molecule has 0 atom stereocenters. The molecule has 0 unspecified atom stereocenters. The quantitative estimate of drug-likeness (QED) is 0.846. The van der Waals surface area contributed by atoms with Crippen molar-refractivity contribution in [2.45, 2.75) is 11.8 Å². The van der Waals surface area contributed by atoms with Gasteiger partial charge in [0.25, 0.3) is 15.9 Å². The molecule has 1 aliphatic rings. The van der Waals surface area contributed by atoms with Gasteiger partial charge in [-0.15, -0.1) is 0 Å². The van der Waals surface area contributed by atoms with E-state index in [-0.39, 0.29) is 10.8 Å². The average Bonchev–Trinajstić information content (AvgIpc) is 2.63. The zero-order valence-electron chi connectivity index (χ0n) is 15.3. The van der Waals surface area contributed by atoms with Crippen LogP contribution in [0.25, 0.3) is 0 Å². The lowest BCUT2D eigenvalue weighted by Crippen LogP contribution is -2.47. The Balaban J connectivity index is 1.82. The van der Waals surface area contributed by atoms with Crippen molar-refractivity contribution in [1.29, 1.82) is 0 Å². The van der Waals surface area contributed by atoms with Crippen LogP contribution in [-0.2, 0) is 10.0 Å². The summed E-state index contributed by atoms with van der Waals surface area (Å²) < 4.78 is 27.7. The van der Waals surface area contributed by atoms with Crippen molar-refractivity contribution in [3.05, 3.63) is 58.6 Å². The van der Waals surface area contributed by atoms with Crippen LogP contribution in [0.1, 0.15) is 15.9 Å². The number of rotatable bonds is 4. The van der Waals surface area contributed by atoms with Crippen molar-refractivity contribution in [3.63, 3.8) is 0 Å². The molecule has 1 aliphatic heterocycles. The number of amides is 1. The summed E-state index contributed by atoms with van der Waals surface area (Å²) in [5.41, 5.74) is 1.57. The largest absolute Gasteiger partial charge is 0.336 e. The molecule has 0 aliphatic carbocycles. The second-order valence-corrected chi connectivity index (χ2v) is 8.80. The van der Waals surface area contributed by atoms with Crippen molar-refractivity contribution in [2.75, 3.05) is 37.9 Å². The highest BCUT2D eigenvalue weighted by Crippen LogP contribution is 2.24. The number of sulfonamides is 1. The normalized spacial score (nSPS) is 15.6. The minimum absolute atomic E-state index is 0.162. The number of hydrogen-bond acceptors (Lipinski definition) is 4. The molecule has 0 saturated carbocycles. The molecule has 0 aromatic heterocycles. The Morgan fingerprint density at radius 2 is 1.67 bits per heavy atom. The summed E-state index contributed by atoms with van der Waals surface area (Å²) in [5, 5.41) is 0.303. The lowest BCUT2D eigenvalue weighted by molar-refractivity contribution is 0.0664. The number of nitrogens with zero attached hydrogens (tertiary/aromatic N) is 2. The Labute approximate surface area is 164 Å². The molecule has 0 bridgehead atoms. The van der Waals surface area contributed by atoms with E-state index in [2.05, 4.69) is 9.62 Å². The molecule has 3 rings (SSSR count). The van der Waals surface area contributed by atoms with Crippen molar-refractivity contribution in [3.8, 4) is 0 Å². The predicted molar refractivity (Wildman–Crippen MR) is 107 cm³/mol. The smallest absolute Gasteiger partial charge is 0.261 e. The summed E-state index contributed by atoms with van der Waals surface area (Å²) in [6.45, 7) is 4.71. The lowest BCUT2D eigenvalue weighted by Gasteiger charge is -2.32. The highest BCUT2D eigenvalue weighted by molar-refractivity contribution is 7.92. The molecule has 1 amide bonds. The van der Waals surface area contributed by atoms with Crippen molar-refractivity contribution in [1.82, 2.24) is 9.80 Å². The van der Waals surface area contributed by atoms with E-state index in [1.165, 1.54) is 12.1 Å². The van der Waals surface area contributed by atoms with Crippen molar-refractivity contribution in [2.24, 2.45) is 0 Å². The predicted octanol–water partition coefficient (Wildman–Crippen LogP) is 2.84. The van der Waals surface area contributed by atoms with E-state index in [0.717, 1.165) is 18.7 Å². The second kappa shape index (κ2) is 7.88. The molecule has 6 nitrogen and oxygen atoms in total. The fraction of sp³-hybridized carbons (Fsp3) is 0.316. The Kier molecular flexibility index (Phi) is 5.74. The zero-order valence-corrected chi connectivity index (χ0v) is 16.8. The Bertz CT molecular complexity index is 937. The molecule has 2 aromatic carbocycles. The molecule has 144 valence electrons. The summed E-state index contributed by atoms with van der Waals surface area (Å²) in [5.74, 6) is -0.190. The summed E-state index contributed by atoms with van der Waals surface area (Å²) >= 11 is 6.21. The van der Waals surface area contributed by atoms with E-state index < -0.39 is 10.0 Å². The van der Waals surface area contributed by atoms with Crippen LogP contribution in [-0.4, -0.2) is 57.4 Å². The van der Waals surface area contributed by atoms with Gasteiger partial charge in [0.1, 0.15) is 0 Å². The first-order valence-corrected chi connectivity index (χ1v) is 10.5. The van der Waals surface area contributed by atoms with Crippen LogP contribution >= 0.6 is 11.6 Å². The van der Waals surface area contributed by atoms with Gasteiger partial charge in [0, 0.05) is 31.9 Å². The zero-order chi connectivity index (χ0) is 19.6. The molecule has 1 saturated heterocycles. The number of halogens is 1. The number of anilines is 1. The van der Waals surface area contributed by atoms with E-state index >= 15 is 0 Å². The highest BCUT2D eigenvalue weighted by Gasteiger charge is 2.23. The first-order valence-electron chi connectivity index (χ1n) is 8.63. The van der Waals surface area contributed by atoms with Crippen molar-refractivity contribution < 1.29 is 13.2 Å². The molecule has 2 aromatic rings. The number of hydrogen-bond donors (Lipinski definition) is 1. The van der Waals surface area contributed by atoms with Gasteiger partial charge in [-0.25, -0.2) is 8.42 Å². The van der Waals surface area contributed by atoms with Gasteiger partial charge < -0.3 is 9.80 Å². The minimum Gasteiger partial charge on any atom is -0.336 e. The van der Waals surface area contributed by atoms with Gasteiger partial charge in [0.15, 0.2) is 0 Å². The summed E-state index contributed by atoms with van der Waals surface area (Å²) in [6.07, 6.45) is 0. The minimum atomic E-state index is -3.74. The summed E-state index contributed by atoms with van der Waals surface area (Å²) in [7, 11) is -1.73. The Hall–Kier alpha value is -2.09. The van der Waals surface area contributed by atoms with Crippen LogP contribution in [0.3, 0.4) is 0 Å². The first kappa shape index (κ1) is 19.7. The SMILES string of the molecule is Cc1ccc(S(=O)(=O)Nc2ccc(Cl)c(C(=O)N3CCN(C)CC3)c2)cc1. The maximum Gasteiger partial charge on any atom is 0.261 e. The van der Waals surface area contributed by atoms with Crippen LogP contribution < -0.4 is 4.72 Å². The number of benzene rings is 2.